The second kappa shape index (κ2) is 8.06. The van der Waals surface area contributed by atoms with Crippen molar-refractivity contribution in [2.75, 3.05) is 25.5 Å². The van der Waals surface area contributed by atoms with Gasteiger partial charge in [-0.05, 0) is 31.5 Å². The normalized spacial score (nSPS) is 16.7. The molecule has 0 aliphatic carbocycles. The standard InChI is InChI=1S/C16H20N4O2S2/c1-22-16(7-9-17-10-8-16)13(21)18-14-19-20-15(24-14)23-11-12-5-3-2-4-6-12/h2-6,17H,7-11H2,1H3,(H,18,19,21). The maximum Gasteiger partial charge on any atom is 0.258 e. The Kier molecular flexibility index (Phi) is 5.83. The SMILES string of the molecule is COC1(C(=O)Nc2nnc(SCc3ccccc3)s2)CCNCC1. The number of amides is 1. The van der Waals surface area contributed by atoms with Gasteiger partial charge in [-0.1, -0.05) is 53.4 Å². The molecule has 6 nitrogen and oxygen atoms in total. The molecule has 0 saturated carbocycles. The zero-order valence-corrected chi connectivity index (χ0v) is 15.1. The van der Waals surface area contributed by atoms with Crippen molar-refractivity contribution in [2.45, 2.75) is 28.5 Å². The highest BCUT2D eigenvalue weighted by Crippen LogP contribution is 2.30. The molecule has 0 atom stereocenters. The Labute approximate surface area is 149 Å². The van der Waals surface area contributed by atoms with Crippen LogP contribution in [0.1, 0.15) is 18.4 Å². The van der Waals surface area contributed by atoms with Gasteiger partial charge in [-0.15, -0.1) is 10.2 Å². The van der Waals surface area contributed by atoms with E-state index in [4.69, 9.17) is 4.74 Å². The second-order valence-electron chi connectivity index (χ2n) is 5.55. The van der Waals surface area contributed by atoms with Crippen molar-refractivity contribution in [3.05, 3.63) is 35.9 Å². The highest BCUT2D eigenvalue weighted by molar-refractivity contribution is 8.00. The van der Waals surface area contributed by atoms with Gasteiger partial charge >= 0.3 is 0 Å². The summed E-state index contributed by atoms with van der Waals surface area (Å²) >= 11 is 3.01. The molecule has 1 fully saturated rings. The first kappa shape index (κ1) is 17.3. The number of carbonyl (C=O) groups excluding carboxylic acids is 1. The van der Waals surface area contributed by atoms with Crippen molar-refractivity contribution in [1.82, 2.24) is 15.5 Å². The van der Waals surface area contributed by atoms with Crippen LogP contribution in [0, 0.1) is 0 Å². The van der Waals surface area contributed by atoms with Crippen LogP contribution in [0.4, 0.5) is 5.13 Å². The third-order valence-corrected chi connectivity index (χ3v) is 6.09. The van der Waals surface area contributed by atoms with E-state index in [0.29, 0.717) is 18.0 Å². The summed E-state index contributed by atoms with van der Waals surface area (Å²) in [6.45, 7) is 1.55. The smallest absolute Gasteiger partial charge is 0.258 e. The number of hydrogen-bond acceptors (Lipinski definition) is 7. The fourth-order valence-corrected chi connectivity index (χ4v) is 4.31. The molecule has 24 heavy (non-hydrogen) atoms. The molecule has 8 heteroatoms. The Hall–Kier alpha value is -1.48. The summed E-state index contributed by atoms with van der Waals surface area (Å²) in [4.78, 5) is 12.6. The summed E-state index contributed by atoms with van der Waals surface area (Å²) in [6, 6.07) is 10.2. The van der Waals surface area contributed by atoms with E-state index in [-0.39, 0.29) is 5.91 Å². The molecule has 3 rings (SSSR count). The van der Waals surface area contributed by atoms with Gasteiger partial charge < -0.3 is 10.1 Å². The van der Waals surface area contributed by atoms with Gasteiger partial charge in [0.2, 0.25) is 5.13 Å². The lowest BCUT2D eigenvalue weighted by Crippen LogP contribution is -2.51. The number of rotatable bonds is 6. The molecule has 1 saturated heterocycles. The molecule has 1 aromatic carbocycles. The van der Waals surface area contributed by atoms with Crippen molar-refractivity contribution in [3.63, 3.8) is 0 Å². The summed E-state index contributed by atoms with van der Waals surface area (Å²) < 4.78 is 6.36. The minimum Gasteiger partial charge on any atom is -0.368 e. The number of anilines is 1. The van der Waals surface area contributed by atoms with E-state index in [1.54, 1.807) is 18.9 Å². The Morgan fingerprint density at radius 2 is 2.08 bits per heavy atom. The molecule has 2 aromatic rings. The van der Waals surface area contributed by atoms with Crippen LogP contribution in [0.15, 0.2) is 34.7 Å². The van der Waals surface area contributed by atoms with Crippen LogP contribution in [0.25, 0.3) is 0 Å². The zero-order chi connectivity index (χ0) is 16.8. The minimum atomic E-state index is -0.770. The molecule has 128 valence electrons. The number of piperidine rings is 1. The zero-order valence-electron chi connectivity index (χ0n) is 13.4. The highest BCUT2D eigenvalue weighted by Gasteiger charge is 2.40. The fraction of sp³-hybridized carbons (Fsp3) is 0.438. The summed E-state index contributed by atoms with van der Waals surface area (Å²) in [7, 11) is 1.59. The molecule has 0 bridgehead atoms. The molecule has 0 unspecified atom stereocenters. The Bertz CT molecular complexity index is 672. The van der Waals surface area contributed by atoms with E-state index < -0.39 is 5.60 Å². The summed E-state index contributed by atoms with van der Waals surface area (Å²) in [6.07, 6.45) is 1.31. The molecule has 0 spiro atoms. The molecule has 1 aromatic heterocycles. The number of nitrogens with zero attached hydrogens (tertiary/aromatic N) is 2. The van der Waals surface area contributed by atoms with Gasteiger partial charge in [-0.3, -0.25) is 10.1 Å². The lowest BCUT2D eigenvalue weighted by Gasteiger charge is -2.34. The van der Waals surface area contributed by atoms with E-state index in [1.165, 1.54) is 16.9 Å². The number of carbonyl (C=O) groups is 1. The van der Waals surface area contributed by atoms with Gasteiger partial charge in [0.1, 0.15) is 5.60 Å². The van der Waals surface area contributed by atoms with Crippen LogP contribution in [-0.4, -0.2) is 41.9 Å². The summed E-state index contributed by atoms with van der Waals surface area (Å²) in [5, 5.41) is 14.8. The first-order valence-electron chi connectivity index (χ1n) is 7.79. The van der Waals surface area contributed by atoms with Crippen LogP contribution < -0.4 is 10.6 Å². The lowest BCUT2D eigenvalue weighted by molar-refractivity contribution is -0.140. The Morgan fingerprint density at radius 1 is 1.33 bits per heavy atom. The number of thioether (sulfide) groups is 1. The van der Waals surface area contributed by atoms with Crippen molar-refractivity contribution in [1.29, 1.82) is 0 Å². The molecule has 2 heterocycles. The summed E-state index contributed by atoms with van der Waals surface area (Å²) in [5.74, 6) is 0.694. The van der Waals surface area contributed by atoms with Crippen LogP contribution in [0.2, 0.25) is 0 Å². The molecular weight excluding hydrogens is 344 g/mol. The van der Waals surface area contributed by atoms with Gasteiger partial charge in [0.05, 0.1) is 0 Å². The van der Waals surface area contributed by atoms with Crippen molar-refractivity contribution >= 4 is 34.1 Å². The Morgan fingerprint density at radius 3 is 2.79 bits per heavy atom. The first-order chi connectivity index (χ1) is 11.7. The van der Waals surface area contributed by atoms with E-state index in [0.717, 1.165) is 23.2 Å². The highest BCUT2D eigenvalue weighted by atomic mass is 32.2. The van der Waals surface area contributed by atoms with E-state index in [1.807, 2.05) is 18.2 Å². The van der Waals surface area contributed by atoms with Gasteiger partial charge in [-0.2, -0.15) is 0 Å². The van der Waals surface area contributed by atoms with Crippen molar-refractivity contribution in [3.8, 4) is 0 Å². The molecule has 2 N–H and O–H groups in total. The number of benzene rings is 1. The molecule has 1 aliphatic rings. The number of ether oxygens (including phenoxy) is 1. The Balaban J connectivity index is 1.58. The fourth-order valence-electron chi connectivity index (χ4n) is 2.60. The number of hydrogen-bond donors (Lipinski definition) is 2. The van der Waals surface area contributed by atoms with E-state index >= 15 is 0 Å². The molecular formula is C16H20N4O2S2. The first-order valence-corrected chi connectivity index (χ1v) is 9.60. The van der Waals surface area contributed by atoms with Crippen LogP contribution in [0.3, 0.4) is 0 Å². The van der Waals surface area contributed by atoms with Crippen molar-refractivity contribution < 1.29 is 9.53 Å². The average Bonchev–Trinajstić information content (AvgIpc) is 3.09. The van der Waals surface area contributed by atoms with Gasteiger partial charge in [0.15, 0.2) is 4.34 Å². The van der Waals surface area contributed by atoms with E-state index in [2.05, 4.69) is 33.0 Å². The molecule has 1 aliphatic heterocycles. The lowest BCUT2D eigenvalue weighted by atomic mass is 9.91. The quantitative estimate of drug-likeness (QED) is 0.606. The maximum atomic E-state index is 12.6. The predicted molar refractivity (Wildman–Crippen MR) is 96.4 cm³/mol. The van der Waals surface area contributed by atoms with Crippen LogP contribution in [0.5, 0.6) is 0 Å². The third kappa shape index (κ3) is 4.13. The van der Waals surface area contributed by atoms with Crippen molar-refractivity contribution in [2.24, 2.45) is 0 Å². The number of methoxy groups -OCH3 is 1. The van der Waals surface area contributed by atoms with Gasteiger partial charge in [-0.25, -0.2) is 0 Å². The number of aromatic nitrogens is 2. The monoisotopic (exact) mass is 364 g/mol. The van der Waals surface area contributed by atoms with Gasteiger partial charge in [0.25, 0.3) is 5.91 Å². The van der Waals surface area contributed by atoms with Crippen LogP contribution in [-0.2, 0) is 15.3 Å². The van der Waals surface area contributed by atoms with E-state index in [9.17, 15) is 4.79 Å². The molecule has 0 radical (unpaired) electrons. The molecule has 1 amide bonds. The minimum absolute atomic E-state index is 0.137. The number of nitrogens with one attached hydrogen (secondary N) is 2. The second-order valence-corrected chi connectivity index (χ2v) is 7.75. The summed E-state index contributed by atoms with van der Waals surface area (Å²) in [5.41, 5.74) is 0.463. The average molecular weight is 364 g/mol. The predicted octanol–water partition coefficient (Wildman–Crippen LogP) is 2.54. The van der Waals surface area contributed by atoms with Gasteiger partial charge in [0, 0.05) is 12.9 Å². The van der Waals surface area contributed by atoms with Crippen LogP contribution >= 0.6 is 23.1 Å². The largest absolute Gasteiger partial charge is 0.368 e. The maximum absolute atomic E-state index is 12.6. The third-order valence-electron chi connectivity index (χ3n) is 4.05. The topological polar surface area (TPSA) is 76.1 Å².